The van der Waals surface area contributed by atoms with E-state index in [4.69, 9.17) is 4.74 Å². The largest absolute Gasteiger partial charge is 0.468 e. The van der Waals surface area contributed by atoms with Gasteiger partial charge in [0.15, 0.2) is 5.78 Å². The Morgan fingerprint density at radius 1 is 1.37 bits per heavy atom. The Morgan fingerprint density at radius 3 is 2.84 bits per heavy atom. The molecule has 19 heavy (non-hydrogen) atoms. The molecular formula is C15H15NO3. The predicted molar refractivity (Wildman–Crippen MR) is 71.1 cm³/mol. The number of carbonyl (C=O) groups excluding carboxylic acids is 2. The Bertz CT molecular complexity index is 684. The van der Waals surface area contributed by atoms with Crippen LogP contribution in [0.5, 0.6) is 0 Å². The fourth-order valence-corrected chi connectivity index (χ4v) is 2.99. The van der Waals surface area contributed by atoms with Gasteiger partial charge >= 0.3 is 5.97 Å². The van der Waals surface area contributed by atoms with E-state index in [1.165, 1.54) is 7.11 Å². The van der Waals surface area contributed by atoms with E-state index in [0.29, 0.717) is 12.1 Å². The molecule has 98 valence electrons. The van der Waals surface area contributed by atoms with Gasteiger partial charge in [0.25, 0.3) is 0 Å². The molecule has 0 bridgehead atoms. The molecule has 0 saturated heterocycles. The minimum atomic E-state index is -0.652. The zero-order valence-corrected chi connectivity index (χ0v) is 11.0. The van der Waals surface area contributed by atoms with Gasteiger partial charge in [-0.1, -0.05) is 18.2 Å². The average Bonchev–Trinajstić information content (AvgIpc) is 2.73. The first-order valence-corrected chi connectivity index (χ1v) is 6.33. The number of esters is 1. The van der Waals surface area contributed by atoms with Gasteiger partial charge in [-0.15, -0.1) is 0 Å². The van der Waals surface area contributed by atoms with Crippen molar-refractivity contribution in [2.75, 3.05) is 7.11 Å². The van der Waals surface area contributed by atoms with Crippen LogP contribution >= 0.6 is 0 Å². The Morgan fingerprint density at radius 2 is 2.11 bits per heavy atom. The third-order valence-electron chi connectivity index (χ3n) is 3.93. The number of hydrogen-bond acceptors (Lipinski definition) is 3. The van der Waals surface area contributed by atoms with Crippen molar-refractivity contribution >= 4 is 22.7 Å². The fraction of sp³-hybridized carbons (Fsp3) is 0.333. The molecule has 2 aromatic rings. The number of methoxy groups -OCH3 is 1. The number of ether oxygens (including phenoxy) is 1. The third-order valence-corrected chi connectivity index (χ3v) is 3.93. The van der Waals surface area contributed by atoms with E-state index < -0.39 is 11.9 Å². The quantitative estimate of drug-likeness (QED) is 0.580. The summed E-state index contributed by atoms with van der Waals surface area (Å²) in [4.78, 5) is 24.1. The number of nitrogens with zero attached hydrogens (tertiary/aromatic N) is 1. The van der Waals surface area contributed by atoms with Crippen LogP contribution in [0, 0.1) is 5.92 Å². The first-order valence-electron chi connectivity index (χ1n) is 6.33. The highest BCUT2D eigenvalue weighted by Crippen LogP contribution is 2.33. The zero-order chi connectivity index (χ0) is 13.6. The van der Waals surface area contributed by atoms with Crippen LogP contribution in [0.1, 0.15) is 22.5 Å². The van der Waals surface area contributed by atoms with Gasteiger partial charge in [0.05, 0.1) is 12.8 Å². The number of para-hydroxylation sites is 1. The van der Waals surface area contributed by atoms with Crippen LogP contribution in [0.25, 0.3) is 10.9 Å². The van der Waals surface area contributed by atoms with Crippen molar-refractivity contribution in [3.8, 4) is 0 Å². The lowest BCUT2D eigenvalue weighted by Crippen LogP contribution is -2.31. The third kappa shape index (κ3) is 1.59. The number of benzene rings is 1. The summed E-state index contributed by atoms with van der Waals surface area (Å²) < 4.78 is 6.61. The maximum Gasteiger partial charge on any atom is 0.316 e. The van der Waals surface area contributed by atoms with Crippen molar-refractivity contribution < 1.29 is 14.3 Å². The van der Waals surface area contributed by atoms with Gasteiger partial charge in [-0.25, -0.2) is 0 Å². The number of ketones is 1. The summed E-state index contributed by atoms with van der Waals surface area (Å²) in [5.41, 5.74) is 2.75. The molecule has 1 atom stereocenters. The first-order chi connectivity index (χ1) is 9.15. The highest BCUT2D eigenvalue weighted by Gasteiger charge is 2.36. The Balaban J connectivity index is 2.19. The van der Waals surface area contributed by atoms with Gasteiger partial charge in [0, 0.05) is 18.0 Å². The lowest BCUT2D eigenvalue weighted by Gasteiger charge is -2.20. The van der Waals surface area contributed by atoms with Gasteiger partial charge in [0.2, 0.25) is 0 Å². The van der Waals surface area contributed by atoms with Crippen LogP contribution < -0.4 is 0 Å². The number of rotatable bonds is 1. The molecule has 1 heterocycles. The molecule has 0 saturated carbocycles. The molecule has 1 aliphatic rings. The number of aromatic nitrogens is 1. The van der Waals surface area contributed by atoms with E-state index in [9.17, 15) is 9.59 Å². The zero-order valence-electron chi connectivity index (χ0n) is 11.0. The van der Waals surface area contributed by atoms with E-state index in [1.807, 2.05) is 35.9 Å². The van der Waals surface area contributed by atoms with Crippen LogP contribution in [-0.4, -0.2) is 23.4 Å². The standard InChI is InChI=1S/C15H15NO3/c1-16-12-6-4-3-5-9(12)10-7-8-11(15(18)19-2)14(17)13(10)16/h3-6,11H,7-8H2,1-2H3. The van der Waals surface area contributed by atoms with Crippen molar-refractivity contribution in [1.82, 2.24) is 4.57 Å². The van der Waals surface area contributed by atoms with Gasteiger partial charge in [-0.2, -0.15) is 0 Å². The van der Waals surface area contributed by atoms with Gasteiger partial charge < -0.3 is 9.30 Å². The number of aryl methyl sites for hydroxylation is 2. The van der Waals surface area contributed by atoms with E-state index in [-0.39, 0.29) is 5.78 Å². The Labute approximate surface area is 111 Å². The summed E-state index contributed by atoms with van der Waals surface area (Å²) in [5, 5.41) is 1.11. The maximum atomic E-state index is 12.5. The Kier molecular flexibility index (Phi) is 2.66. The van der Waals surface area contributed by atoms with Crippen LogP contribution in [0.4, 0.5) is 0 Å². The molecule has 1 unspecified atom stereocenters. The number of carbonyl (C=O) groups is 2. The molecule has 0 aliphatic heterocycles. The van der Waals surface area contributed by atoms with Gasteiger partial charge in [-0.3, -0.25) is 9.59 Å². The molecule has 3 rings (SSSR count). The normalized spacial score (nSPS) is 18.4. The summed E-state index contributed by atoms with van der Waals surface area (Å²) >= 11 is 0. The van der Waals surface area contributed by atoms with Crippen molar-refractivity contribution in [3.63, 3.8) is 0 Å². The fourth-order valence-electron chi connectivity index (χ4n) is 2.99. The monoisotopic (exact) mass is 257 g/mol. The molecule has 0 amide bonds. The lowest BCUT2D eigenvalue weighted by molar-refractivity contribution is -0.143. The molecule has 1 aliphatic carbocycles. The molecule has 0 spiro atoms. The second kappa shape index (κ2) is 4.23. The van der Waals surface area contributed by atoms with E-state index in [2.05, 4.69) is 0 Å². The molecule has 1 aromatic heterocycles. The topological polar surface area (TPSA) is 48.3 Å². The first kappa shape index (κ1) is 12.0. The minimum Gasteiger partial charge on any atom is -0.468 e. The van der Waals surface area contributed by atoms with Crippen LogP contribution in [0.15, 0.2) is 24.3 Å². The number of hydrogen-bond donors (Lipinski definition) is 0. The molecule has 0 fully saturated rings. The maximum absolute atomic E-state index is 12.5. The van der Waals surface area contributed by atoms with E-state index >= 15 is 0 Å². The van der Waals surface area contributed by atoms with Gasteiger partial charge in [0.1, 0.15) is 5.92 Å². The molecule has 4 heteroatoms. The second-order valence-electron chi connectivity index (χ2n) is 4.88. The van der Waals surface area contributed by atoms with Crippen molar-refractivity contribution in [1.29, 1.82) is 0 Å². The molecule has 1 aromatic carbocycles. The molecule has 0 radical (unpaired) electrons. The minimum absolute atomic E-state index is 0.119. The predicted octanol–water partition coefficient (Wildman–Crippen LogP) is 2.10. The Hall–Kier alpha value is -2.10. The SMILES string of the molecule is COC(=O)C1CCc2c(n(C)c3ccccc23)C1=O. The van der Waals surface area contributed by atoms with E-state index in [0.717, 1.165) is 22.9 Å². The molecule has 0 N–H and O–H groups in total. The number of fused-ring (bicyclic) bond motifs is 3. The lowest BCUT2D eigenvalue weighted by atomic mass is 9.85. The van der Waals surface area contributed by atoms with Crippen LogP contribution in [0.2, 0.25) is 0 Å². The summed E-state index contributed by atoms with van der Waals surface area (Å²) in [6.07, 6.45) is 1.27. The smallest absolute Gasteiger partial charge is 0.316 e. The summed E-state index contributed by atoms with van der Waals surface area (Å²) in [7, 11) is 3.20. The van der Waals surface area contributed by atoms with Crippen LogP contribution in [-0.2, 0) is 23.0 Å². The number of Topliss-reactive ketones (excluding diaryl/α,β-unsaturated/α-hetero) is 1. The van der Waals surface area contributed by atoms with Crippen molar-refractivity contribution in [3.05, 3.63) is 35.5 Å². The van der Waals surface area contributed by atoms with Crippen molar-refractivity contribution in [2.24, 2.45) is 13.0 Å². The second-order valence-corrected chi connectivity index (χ2v) is 4.88. The summed E-state index contributed by atoms with van der Waals surface area (Å²) in [6, 6.07) is 7.95. The molecular weight excluding hydrogens is 242 g/mol. The molecule has 4 nitrogen and oxygen atoms in total. The highest BCUT2D eigenvalue weighted by molar-refractivity contribution is 6.12. The average molecular weight is 257 g/mol. The van der Waals surface area contributed by atoms with Gasteiger partial charge in [-0.05, 0) is 24.5 Å². The van der Waals surface area contributed by atoms with Crippen LogP contribution in [0.3, 0.4) is 0 Å². The van der Waals surface area contributed by atoms with E-state index in [1.54, 1.807) is 0 Å². The summed E-state index contributed by atoms with van der Waals surface area (Å²) in [6.45, 7) is 0. The highest BCUT2D eigenvalue weighted by atomic mass is 16.5. The summed E-state index contributed by atoms with van der Waals surface area (Å²) in [5.74, 6) is -1.20. The van der Waals surface area contributed by atoms with Crippen molar-refractivity contribution in [2.45, 2.75) is 12.8 Å².